The molecule has 0 spiro atoms. The van der Waals surface area contributed by atoms with Gasteiger partial charge in [-0.15, -0.1) is 21.5 Å². The minimum Gasteiger partial charge on any atom is -0.483 e. The zero-order valence-corrected chi connectivity index (χ0v) is 22.3. The van der Waals surface area contributed by atoms with E-state index in [1.54, 1.807) is 39.6 Å². The van der Waals surface area contributed by atoms with Crippen molar-refractivity contribution >= 4 is 45.9 Å². The van der Waals surface area contributed by atoms with Gasteiger partial charge in [-0.25, -0.2) is 9.18 Å². The van der Waals surface area contributed by atoms with Crippen LogP contribution in [0.25, 0.3) is 0 Å². The van der Waals surface area contributed by atoms with Crippen molar-refractivity contribution in [3.63, 3.8) is 0 Å². The second-order valence-electron chi connectivity index (χ2n) is 7.90. The molecule has 1 N–H and O–H groups in total. The summed E-state index contributed by atoms with van der Waals surface area (Å²) in [5.41, 5.74) is 0.598. The number of nitrogens with zero attached hydrogens (tertiary/aromatic N) is 4. The van der Waals surface area contributed by atoms with Crippen LogP contribution in [0.2, 0.25) is 0 Å². The van der Waals surface area contributed by atoms with Gasteiger partial charge in [0.2, 0.25) is 5.91 Å². The van der Waals surface area contributed by atoms with E-state index >= 15 is 0 Å². The highest BCUT2D eigenvalue weighted by Gasteiger charge is 2.27. The van der Waals surface area contributed by atoms with Gasteiger partial charge in [0.1, 0.15) is 16.6 Å². The van der Waals surface area contributed by atoms with Gasteiger partial charge >= 0.3 is 5.97 Å². The number of aromatic nitrogens is 3. The molecule has 192 valence electrons. The van der Waals surface area contributed by atoms with E-state index in [-0.39, 0.29) is 28.0 Å². The summed E-state index contributed by atoms with van der Waals surface area (Å²) in [5, 5.41) is 11.7. The molecule has 0 radical (unpaired) electrons. The molecule has 36 heavy (non-hydrogen) atoms. The Labute approximate surface area is 215 Å². The number of ether oxygens (including phenoxy) is 2. The van der Waals surface area contributed by atoms with Gasteiger partial charge in [0.05, 0.1) is 23.3 Å². The second kappa shape index (κ2) is 11.5. The standard InChI is InChI=1S/C23H26FN5O5S2/c1-12-17(22(32)33-6)20(36-18(12)21(31)28(3)4)25-16(30)11-35-23-27-26-19(29(23)5)13(2)34-15-9-7-14(24)8-10-15/h7-10,13H,11H2,1-6H3,(H,25,30). The van der Waals surface area contributed by atoms with Gasteiger partial charge in [0, 0.05) is 21.1 Å². The highest BCUT2D eigenvalue weighted by Crippen LogP contribution is 2.34. The number of benzene rings is 1. The number of anilines is 1. The third kappa shape index (κ3) is 6.02. The summed E-state index contributed by atoms with van der Waals surface area (Å²) in [7, 11) is 6.20. The number of halogens is 1. The van der Waals surface area contributed by atoms with Gasteiger partial charge in [-0.3, -0.25) is 9.59 Å². The average Bonchev–Trinajstić information content (AvgIpc) is 3.37. The molecule has 1 atom stereocenters. The Morgan fingerprint density at radius 1 is 1.22 bits per heavy atom. The minimum atomic E-state index is -0.641. The lowest BCUT2D eigenvalue weighted by Gasteiger charge is -2.14. The molecule has 2 aromatic heterocycles. The van der Waals surface area contributed by atoms with Crippen molar-refractivity contribution < 1.29 is 28.2 Å². The smallest absolute Gasteiger partial charge is 0.341 e. The van der Waals surface area contributed by atoms with E-state index in [2.05, 4.69) is 15.5 Å². The van der Waals surface area contributed by atoms with Gasteiger partial charge in [-0.2, -0.15) is 0 Å². The number of hydrogen-bond acceptors (Lipinski definition) is 9. The summed E-state index contributed by atoms with van der Waals surface area (Å²) < 4.78 is 25.5. The Bertz CT molecular complexity index is 1270. The molecule has 3 aromatic rings. The molecule has 2 amide bonds. The maximum atomic E-state index is 13.1. The number of nitrogens with one attached hydrogen (secondary N) is 1. The Hall–Kier alpha value is -3.45. The van der Waals surface area contributed by atoms with E-state index in [4.69, 9.17) is 9.47 Å². The van der Waals surface area contributed by atoms with Crippen LogP contribution >= 0.6 is 23.1 Å². The lowest BCUT2D eigenvalue weighted by molar-refractivity contribution is -0.113. The van der Waals surface area contributed by atoms with Crippen LogP contribution < -0.4 is 10.1 Å². The number of thioether (sulfide) groups is 1. The first-order valence-corrected chi connectivity index (χ1v) is 12.5. The summed E-state index contributed by atoms with van der Waals surface area (Å²) in [4.78, 5) is 39.3. The number of esters is 1. The summed E-state index contributed by atoms with van der Waals surface area (Å²) in [5.74, 6) is -0.680. The van der Waals surface area contributed by atoms with Gasteiger partial charge in [-0.1, -0.05) is 11.8 Å². The number of carbonyl (C=O) groups excluding carboxylic acids is 3. The Kier molecular flexibility index (Phi) is 8.69. The third-order valence-corrected chi connectivity index (χ3v) is 7.30. The van der Waals surface area contributed by atoms with Crippen molar-refractivity contribution in [1.82, 2.24) is 19.7 Å². The fourth-order valence-corrected chi connectivity index (χ4v) is 5.18. The van der Waals surface area contributed by atoms with Crippen molar-refractivity contribution in [2.24, 2.45) is 7.05 Å². The molecule has 1 unspecified atom stereocenters. The predicted molar refractivity (Wildman–Crippen MR) is 134 cm³/mol. The van der Waals surface area contributed by atoms with Crippen LogP contribution in [0.5, 0.6) is 5.75 Å². The molecular formula is C23H26FN5O5S2. The molecule has 0 aliphatic carbocycles. The zero-order chi connectivity index (χ0) is 26.6. The highest BCUT2D eigenvalue weighted by molar-refractivity contribution is 7.99. The van der Waals surface area contributed by atoms with Crippen molar-refractivity contribution in [2.45, 2.75) is 25.1 Å². The minimum absolute atomic E-state index is 0.0201. The zero-order valence-electron chi connectivity index (χ0n) is 20.6. The normalized spacial score (nSPS) is 11.6. The van der Waals surface area contributed by atoms with Crippen molar-refractivity contribution in [2.75, 3.05) is 32.3 Å². The molecule has 0 fully saturated rings. The fraction of sp³-hybridized carbons (Fsp3) is 0.348. The van der Waals surface area contributed by atoms with Crippen molar-refractivity contribution in [3.05, 3.63) is 51.9 Å². The van der Waals surface area contributed by atoms with E-state index in [9.17, 15) is 18.8 Å². The highest BCUT2D eigenvalue weighted by atomic mass is 32.2. The quantitative estimate of drug-likeness (QED) is 0.326. The predicted octanol–water partition coefficient (Wildman–Crippen LogP) is 3.68. The fourth-order valence-electron chi connectivity index (χ4n) is 3.23. The number of thiophene rings is 1. The van der Waals surface area contributed by atoms with E-state index in [1.165, 1.54) is 36.3 Å². The molecule has 0 saturated heterocycles. The van der Waals surface area contributed by atoms with Crippen molar-refractivity contribution in [1.29, 1.82) is 0 Å². The van der Waals surface area contributed by atoms with Gasteiger partial charge in [0.25, 0.3) is 5.91 Å². The average molecular weight is 536 g/mol. The monoisotopic (exact) mass is 535 g/mol. The van der Waals surface area contributed by atoms with Crippen LogP contribution in [0.4, 0.5) is 9.39 Å². The van der Waals surface area contributed by atoms with Crippen LogP contribution in [0, 0.1) is 12.7 Å². The molecule has 0 aliphatic heterocycles. The number of carbonyl (C=O) groups is 3. The molecule has 0 aliphatic rings. The molecule has 2 heterocycles. The van der Waals surface area contributed by atoms with E-state index in [0.717, 1.165) is 23.1 Å². The number of rotatable bonds is 9. The number of methoxy groups -OCH3 is 1. The maximum absolute atomic E-state index is 13.1. The van der Waals surface area contributed by atoms with Gasteiger partial charge < -0.3 is 24.3 Å². The van der Waals surface area contributed by atoms with Gasteiger partial charge in [-0.05, 0) is 43.7 Å². The Morgan fingerprint density at radius 2 is 1.89 bits per heavy atom. The summed E-state index contributed by atoms with van der Waals surface area (Å²) in [6.07, 6.45) is -0.472. The van der Waals surface area contributed by atoms with E-state index in [0.29, 0.717) is 27.2 Å². The lowest BCUT2D eigenvalue weighted by atomic mass is 10.1. The molecule has 0 bridgehead atoms. The van der Waals surface area contributed by atoms with Crippen LogP contribution in [-0.4, -0.2) is 64.4 Å². The van der Waals surface area contributed by atoms with Crippen LogP contribution in [0.15, 0.2) is 29.4 Å². The third-order valence-electron chi connectivity index (χ3n) is 5.08. The SMILES string of the molecule is COC(=O)c1c(NC(=O)CSc2nnc(C(C)Oc3ccc(F)cc3)n2C)sc(C(=O)N(C)C)c1C. The van der Waals surface area contributed by atoms with Crippen LogP contribution in [0.3, 0.4) is 0 Å². The molecule has 3 rings (SSSR count). The topological polar surface area (TPSA) is 116 Å². The first-order chi connectivity index (χ1) is 17.0. The maximum Gasteiger partial charge on any atom is 0.341 e. The lowest BCUT2D eigenvalue weighted by Crippen LogP contribution is -2.21. The van der Waals surface area contributed by atoms with E-state index < -0.39 is 18.0 Å². The van der Waals surface area contributed by atoms with Crippen LogP contribution in [-0.2, 0) is 16.6 Å². The summed E-state index contributed by atoms with van der Waals surface area (Å²) >= 11 is 2.17. The Morgan fingerprint density at radius 3 is 2.50 bits per heavy atom. The molecule has 1 aromatic carbocycles. The van der Waals surface area contributed by atoms with Crippen molar-refractivity contribution in [3.8, 4) is 5.75 Å². The molecule has 13 heteroatoms. The summed E-state index contributed by atoms with van der Waals surface area (Å²) in [6, 6.07) is 5.65. The first-order valence-electron chi connectivity index (χ1n) is 10.7. The molecule has 0 saturated carbocycles. The molecular weight excluding hydrogens is 509 g/mol. The number of hydrogen-bond donors (Lipinski definition) is 1. The number of amides is 2. The second-order valence-corrected chi connectivity index (χ2v) is 9.87. The van der Waals surface area contributed by atoms with Gasteiger partial charge in [0.15, 0.2) is 17.1 Å². The summed E-state index contributed by atoms with van der Waals surface area (Å²) in [6.45, 7) is 3.43. The molecule has 10 nitrogen and oxygen atoms in total. The van der Waals surface area contributed by atoms with E-state index in [1.807, 2.05) is 0 Å². The largest absolute Gasteiger partial charge is 0.483 e. The Balaban J connectivity index is 1.69. The van der Waals surface area contributed by atoms with Crippen LogP contribution in [0.1, 0.15) is 44.4 Å². The first kappa shape index (κ1) is 27.1.